The number of fused-ring (bicyclic) bond motifs is 2. The Hall–Kier alpha value is -1.04. The van der Waals surface area contributed by atoms with Crippen molar-refractivity contribution in [2.75, 3.05) is 0 Å². The fourth-order valence-corrected chi connectivity index (χ4v) is 3.29. The first-order valence-electron chi connectivity index (χ1n) is 6.22. The highest BCUT2D eigenvalue weighted by atomic mass is 16.1. The van der Waals surface area contributed by atoms with Crippen LogP contribution in [0.3, 0.4) is 0 Å². The second-order valence-corrected chi connectivity index (χ2v) is 5.92. The number of rotatable bonds is 3. The Bertz CT molecular complexity index is 329. The van der Waals surface area contributed by atoms with Gasteiger partial charge in [0.1, 0.15) is 5.54 Å². The molecule has 2 rings (SSSR count). The minimum Gasteiger partial charge on any atom is -0.338 e. The molecule has 0 saturated heterocycles. The first-order chi connectivity index (χ1) is 7.50. The normalized spacial score (nSPS) is 32.4. The summed E-state index contributed by atoms with van der Waals surface area (Å²) in [5, 5.41) is 11.6. The van der Waals surface area contributed by atoms with Gasteiger partial charge in [-0.3, -0.25) is 4.79 Å². The van der Waals surface area contributed by atoms with Crippen molar-refractivity contribution in [2.45, 2.75) is 51.5 Å². The van der Waals surface area contributed by atoms with Gasteiger partial charge in [-0.2, -0.15) is 5.26 Å². The first kappa shape index (κ1) is 11.4. The molecule has 0 aromatic carbocycles. The van der Waals surface area contributed by atoms with E-state index in [2.05, 4.69) is 11.4 Å². The summed E-state index contributed by atoms with van der Waals surface area (Å²) in [6, 6.07) is 2.10. The number of carbonyl (C=O) groups is 1. The van der Waals surface area contributed by atoms with E-state index in [0.29, 0.717) is 12.3 Å². The Kier molecular flexibility index (Phi) is 2.92. The number of hydrogen-bond donors (Lipinski definition) is 1. The van der Waals surface area contributed by atoms with Gasteiger partial charge in [0, 0.05) is 6.42 Å². The van der Waals surface area contributed by atoms with E-state index in [4.69, 9.17) is 5.26 Å². The Balaban J connectivity index is 1.83. The molecular formula is C13H20N2O. The molecule has 0 spiro atoms. The number of carbonyl (C=O) groups excluding carboxylic acids is 1. The van der Waals surface area contributed by atoms with Crippen LogP contribution in [0.1, 0.15) is 46.0 Å². The van der Waals surface area contributed by atoms with Gasteiger partial charge in [0.05, 0.1) is 6.07 Å². The van der Waals surface area contributed by atoms with Crippen LogP contribution >= 0.6 is 0 Å². The van der Waals surface area contributed by atoms with E-state index in [1.54, 1.807) is 13.8 Å². The van der Waals surface area contributed by atoms with Gasteiger partial charge in [0.25, 0.3) is 0 Å². The predicted molar refractivity (Wildman–Crippen MR) is 61.4 cm³/mol. The van der Waals surface area contributed by atoms with Gasteiger partial charge in [0.2, 0.25) is 5.91 Å². The Labute approximate surface area is 97.2 Å². The average Bonchev–Trinajstić information content (AvgIpc) is 2.78. The fraction of sp³-hybridized carbons (Fsp3) is 0.846. The van der Waals surface area contributed by atoms with Crippen molar-refractivity contribution >= 4 is 5.91 Å². The molecule has 2 aliphatic carbocycles. The third kappa shape index (κ3) is 2.37. The van der Waals surface area contributed by atoms with E-state index in [0.717, 1.165) is 11.8 Å². The molecule has 0 aliphatic heterocycles. The van der Waals surface area contributed by atoms with Gasteiger partial charge in [-0.05, 0) is 50.9 Å². The lowest BCUT2D eigenvalue weighted by molar-refractivity contribution is -0.123. The van der Waals surface area contributed by atoms with Crippen molar-refractivity contribution in [1.82, 2.24) is 5.32 Å². The summed E-state index contributed by atoms with van der Waals surface area (Å²) >= 11 is 0. The number of nitriles is 1. The van der Waals surface area contributed by atoms with Crippen molar-refractivity contribution in [3.05, 3.63) is 0 Å². The zero-order valence-electron chi connectivity index (χ0n) is 10.1. The molecule has 0 heterocycles. The molecule has 2 saturated carbocycles. The zero-order chi connectivity index (χ0) is 11.8. The molecule has 3 heteroatoms. The number of amides is 1. The zero-order valence-corrected chi connectivity index (χ0v) is 10.1. The number of hydrogen-bond acceptors (Lipinski definition) is 2. The summed E-state index contributed by atoms with van der Waals surface area (Å²) in [6.07, 6.45) is 5.85. The number of nitrogens with one attached hydrogen (secondary N) is 1. The van der Waals surface area contributed by atoms with E-state index in [9.17, 15) is 4.79 Å². The quantitative estimate of drug-likeness (QED) is 0.793. The van der Waals surface area contributed by atoms with Gasteiger partial charge in [-0.1, -0.05) is 6.42 Å². The topological polar surface area (TPSA) is 52.9 Å². The minimum atomic E-state index is -0.727. The van der Waals surface area contributed by atoms with Crippen LogP contribution in [0, 0.1) is 29.1 Å². The van der Waals surface area contributed by atoms with Crippen LogP contribution in [-0.4, -0.2) is 11.4 Å². The molecule has 2 aliphatic rings. The highest BCUT2D eigenvalue weighted by molar-refractivity contribution is 5.77. The van der Waals surface area contributed by atoms with Crippen molar-refractivity contribution in [2.24, 2.45) is 17.8 Å². The summed E-state index contributed by atoms with van der Waals surface area (Å²) in [5.41, 5.74) is -0.727. The molecular weight excluding hydrogens is 200 g/mol. The summed E-state index contributed by atoms with van der Waals surface area (Å²) in [4.78, 5) is 11.8. The maximum absolute atomic E-state index is 11.8. The third-order valence-electron chi connectivity index (χ3n) is 4.06. The molecule has 2 fully saturated rings. The molecule has 1 amide bonds. The molecule has 16 heavy (non-hydrogen) atoms. The molecule has 0 aromatic rings. The largest absolute Gasteiger partial charge is 0.338 e. The van der Waals surface area contributed by atoms with Gasteiger partial charge < -0.3 is 5.32 Å². The predicted octanol–water partition coefficient (Wildman–Crippen LogP) is 2.23. The van der Waals surface area contributed by atoms with E-state index >= 15 is 0 Å². The monoisotopic (exact) mass is 220 g/mol. The minimum absolute atomic E-state index is 0.0455. The van der Waals surface area contributed by atoms with Gasteiger partial charge in [-0.15, -0.1) is 0 Å². The van der Waals surface area contributed by atoms with Crippen LogP contribution in [0.2, 0.25) is 0 Å². The Morgan fingerprint density at radius 2 is 2.19 bits per heavy atom. The lowest BCUT2D eigenvalue weighted by atomic mass is 9.86. The third-order valence-corrected chi connectivity index (χ3v) is 4.06. The average molecular weight is 220 g/mol. The Morgan fingerprint density at radius 1 is 1.44 bits per heavy atom. The summed E-state index contributed by atoms with van der Waals surface area (Å²) in [7, 11) is 0. The SMILES string of the molecule is CC(C)(C#N)NC(=O)CC1CC2CCC1C2. The first-order valence-corrected chi connectivity index (χ1v) is 6.22. The van der Waals surface area contributed by atoms with Crippen LogP contribution in [0.25, 0.3) is 0 Å². The molecule has 3 nitrogen and oxygen atoms in total. The highest BCUT2D eigenvalue weighted by Crippen LogP contribution is 2.49. The molecule has 3 atom stereocenters. The standard InChI is InChI=1S/C13H20N2O/c1-13(2,8-14)15-12(16)7-11-6-9-3-4-10(11)5-9/h9-11H,3-7H2,1-2H3,(H,15,16). The molecule has 88 valence electrons. The van der Waals surface area contributed by atoms with Crippen molar-refractivity contribution in [3.63, 3.8) is 0 Å². The maximum Gasteiger partial charge on any atom is 0.221 e. The lowest BCUT2D eigenvalue weighted by Crippen LogP contribution is -2.43. The van der Waals surface area contributed by atoms with Gasteiger partial charge >= 0.3 is 0 Å². The van der Waals surface area contributed by atoms with E-state index in [1.807, 2.05) is 0 Å². The smallest absolute Gasteiger partial charge is 0.221 e. The Morgan fingerprint density at radius 3 is 2.69 bits per heavy atom. The molecule has 2 bridgehead atoms. The lowest BCUT2D eigenvalue weighted by Gasteiger charge is -2.23. The van der Waals surface area contributed by atoms with Crippen LogP contribution in [0.5, 0.6) is 0 Å². The number of nitrogens with zero attached hydrogens (tertiary/aromatic N) is 1. The summed E-state index contributed by atoms with van der Waals surface area (Å²) in [6.45, 7) is 3.48. The molecule has 3 unspecified atom stereocenters. The van der Waals surface area contributed by atoms with Gasteiger partial charge in [-0.25, -0.2) is 0 Å². The molecule has 1 N–H and O–H groups in total. The second kappa shape index (κ2) is 4.08. The molecule has 0 aromatic heterocycles. The van der Waals surface area contributed by atoms with E-state index in [1.165, 1.54) is 25.7 Å². The molecule has 0 radical (unpaired) electrons. The van der Waals surface area contributed by atoms with Crippen LogP contribution in [0.15, 0.2) is 0 Å². The van der Waals surface area contributed by atoms with Crippen molar-refractivity contribution in [3.8, 4) is 6.07 Å². The second-order valence-electron chi connectivity index (χ2n) is 5.92. The van der Waals surface area contributed by atoms with Crippen LogP contribution in [-0.2, 0) is 4.79 Å². The van der Waals surface area contributed by atoms with Crippen molar-refractivity contribution in [1.29, 1.82) is 5.26 Å². The fourth-order valence-electron chi connectivity index (χ4n) is 3.29. The van der Waals surface area contributed by atoms with E-state index < -0.39 is 5.54 Å². The van der Waals surface area contributed by atoms with Crippen molar-refractivity contribution < 1.29 is 4.79 Å². The van der Waals surface area contributed by atoms with Crippen LogP contribution < -0.4 is 5.32 Å². The highest BCUT2D eigenvalue weighted by Gasteiger charge is 2.40. The summed E-state index contributed by atoms with van der Waals surface area (Å²) < 4.78 is 0. The van der Waals surface area contributed by atoms with E-state index in [-0.39, 0.29) is 5.91 Å². The van der Waals surface area contributed by atoms with Crippen LogP contribution in [0.4, 0.5) is 0 Å². The van der Waals surface area contributed by atoms with Gasteiger partial charge in [0.15, 0.2) is 0 Å². The maximum atomic E-state index is 11.8. The summed E-state index contributed by atoms with van der Waals surface area (Å²) in [5.74, 6) is 2.28.